The van der Waals surface area contributed by atoms with Gasteiger partial charge < -0.3 is 10.1 Å². The van der Waals surface area contributed by atoms with E-state index < -0.39 is 10.7 Å². The van der Waals surface area contributed by atoms with Gasteiger partial charge in [0.25, 0.3) is 5.69 Å². The summed E-state index contributed by atoms with van der Waals surface area (Å²) in [6.07, 6.45) is 2.20. The number of nitrogens with one attached hydrogen (secondary N) is 1. The fourth-order valence-electron chi connectivity index (χ4n) is 4.23. The molecule has 1 N–H and O–H groups in total. The molecule has 34 heavy (non-hydrogen) atoms. The van der Waals surface area contributed by atoms with E-state index in [1.807, 2.05) is 0 Å². The van der Waals surface area contributed by atoms with Crippen molar-refractivity contribution in [2.45, 2.75) is 19.4 Å². The standard InChI is InChI=1S/C24H21ClFN5O3/c1-24(7-8-30(13-24)16-11-34-12-16)6-5-15-9-20-17(10-21(15)31(32)33)23(28-14-27-20)29-19-4-2-3-18(25)22(19)26/h2-4,9-10,14,16H,7-8,11-13H2,1H3,(H,27,28,29)/t24-/m0/s1. The second kappa shape index (κ2) is 8.80. The third-order valence-electron chi connectivity index (χ3n) is 6.29. The average Bonchev–Trinajstić information content (AvgIpc) is 3.15. The van der Waals surface area contributed by atoms with Crippen molar-refractivity contribution in [3.8, 4) is 11.8 Å². The summed E-state index contributed by atoms with van der Waals surface area (Å²) in [7, 11) is 0. The van der Waals surface area contributed by atoms with E-state index in [4.69, 9.17) is 16.3 Å². The lowest BCUT2D eigenvalue weighted by Gasteiger charge is -2.35. The summed E-state index contributed by atoms with van der Waals surface area (Å²) in [5.74, 6) is 5.91. The summed E-state index contributed by atoms with van der Waals surface area (Å²) in [5, 5.41) is 15.1. The lowest BCUT2D eigenvalue weighted by Crippen LogP contribution is -2.48. The molecule has 0 radical (unpaired) electrons. The maximum absolute atomic E-state index is 14.4. The first-order chi connectivity index (χ1) is 16.3. The number of halogens is 2. The smallest absolute Gasteiger partial charge is 0.285 e. The molecular formula is C24H21ClFN5O3. The van der Waals surface area contributed by atoms with Crippen LogP contribution in [0.15, 0.2) is 36.7 Å². The van der Waals surface area contributed by atoms with Crippen molar-refractivity contribution in [3.63, 3.8) is 0 Å². The average molecular weight is 482 g/mol. The number of fused-ring (bicyclic) bond motifs is 1. The van der Waals surface area contributed by atoms with E-state index in [2.05, 4.69) is 38.9 Å². The number of rotatable bonds is 4. The van der Waals surface area contributed by atoms with Crippen LogP contribution in [0.5, 0.6) is 0 Å². The molecule has 10 heteroatoms. The number of anilines is 2. The maximum atomic E-state index is 14.4. The highest BCUT2D eigenvalue weighted by molar-refractivity contribution is 6.31. The Bertz CT molecular complexity index is 1350. The second-order valence-electron chi connectivity index (χ2n) is 8.81. The number of hydrogen-bond donors (Lipinski definition) is 1. The van der Waals surface area contributed by atoms with Gasteiger partial charge in [-0.25, -0.2) is 14.4 Å². The van der Waals surface area contributed by atoms with Gasteiger partial charge in [0.15, 0.2) is 5.82 Å². The van der Waals surface area contributed by atoms with Gasteiger partial charge in [0.05, 0.1) is 40.4 Å². The molecule has 0 spiro atoms. The van der Waals surface area contributed by atoms with Crippen molar-refractivity contribution in [3.05, 3.63) is 63.2 Å². The van der Waals surface area contributed by atoms with Crippen molar-refractivity contribution in [1.82, 2.24) is 14.9 Å². The molecular weight excluding hydrogens is 461 g/mol. The van der Waals surface area contributed by atoms with E-state index >= 15 is 0 Å². The number of nitro benzene ring substituents is 1. The Balaban J connectivity index is 1.49. The number of ether oxygens (including phenoxy) is 1. The zero-order valence-corrected chi connectivity index (χ0v) is 19.1. The van der Waals surface area contributed by atoms with E-state index in [-0.39, 0.29) is 33.2 Å². The molecule has 1 atom stereocenters. The number of nitro groups is 1. The Kier molecular flexibility index (Phi) is 5.81. The first-order valence-electron chi connectivity index (χ1n) is 10.8. The summed E-state index contributed by atoms with van der Waals surface area (Å²) in [5.41, 5.74) is 0.424. The summed E-state index contributed by atoms with van der Waals surface area (Å²) in [6, 6.07) is 7.92. The van der Waals surface area contributed by atoms with Gasteiger partial charge in [0, 0.05) is 30.0 Å². The predicted octanol–water partition coefficient (Wildman–Crippen LogP) is 4.54. The highest BCUT2D eigenvalue weighted by Gasteiger charge is 2.38. The minimum atomic E-state index is -0.639. The third kappa shape index (κ3) is 4.28. The van der Waals surface area contributed by atoms with Crippen LogP contribution in [0.4, 0.5) is 21.6 Å². The summed E-state index contributed by atoms with van der Waals surface area (Å²) >= 11 is 5.86. The fraction of sp³-hybridized carbons (Fsp3) is 0.333. The van der Waals surface area contributed by atoms with Crippen LogP contribution >= 0.6 is 11.6 Å². The van der Waals surface area contributed by atoms with E-state index in [9.17, 15) is 14.5 Å². The Hall–Kier alpha value is -3.32. The molecule has 0 bridgehead atoms. The van der Waals surface area contributed by atoms with Crippen LogP contribution in [0.3, 0.4) is 0 Å². The Morgan fingerprint density at radius 3 is 2.91 bits per heavy atom. The van der Waals surface area contributed by atoms with E-state index in [0.29, 0.717) is 16.9 Å². The highest BCUT2D eigenvalue weighted by atomic mass is 35.5. The molecule has 3 aromatic rings. The van der Waals surface area contributed by atoms with Gasteiger partial charge in [-0.2, -0.15) is 0 Å². The summed E-state index contributed by atoms with van der Waals surface area (Å²) in [4.78, 5) is 22.2. The minimum absolute atomic E-state index is 0.0456. The summed E-state index contributed by atoms with van der Waals surface area (Å²) < 4.78 is 19.7. The number of likely N-dealkylation sites (tertiary alicyclic amines) is 1. The molecule has 0 amide bonds. The Morgan fingerprint density at radius 1 is 1.35 bits per heavy atom. The largest absolute Gasteiger partial charge is 0.378 e. The monoisotopic (exact) mass is 481 g/mol. The number of aromatic nitrogens is 2. The van der Waals surface area contributed by atoms with Gasteiger partial charge in [-0.15, -0.1) is 0 Å². The molecule has 2 aromatic carbocycles. The van der Waals surface area contributed by atoms with Crippen molar-refractivity contribution in [2.24, 2.45) is 5.41 Å². The van der Waals surface area contributed by atoms with Gasteiger partial charge in [0.2, 0.25) is 0 Å². The van der Waals surface area contributed by atoms with Gasteiger partial charge in [-0.1, -0.05) is 29.5 Å². The van der Waals surface area contributed by atoms with Crippen molar-refractivity contribution < 1.29 is 14.1 Å². The molecule has 2 fully saturated rings. The van der Waals surface area contributed by atoms with Crippen molar-refractivity contribution >= 4 is 39.7 Å². The third-order valence-corrected chi connectivity index (χ3v) is 6.58. The molecule has 5 rings (SSSR count). The van der Waals surface area contributed by atoms with Crippen molar-refractivity contribution in [2.75, 3.05) is 31.6 Å². The van der Waals surface area contributed by atoms with Gasteiger partial charge in [0.1, 0.15) is 17.7 Å². The second-order valence-corrected chi connectivity index (χ2v) is 9.22. The maximum Gasteiger partial charge on any atom is 0.285 e. The number of hydrogen-bond acceptors (Lipinski definition) is 7. The van der Waals surface area contributed by atoms with Crippen LogP contribution in [0, 0.1) is 33.2 Å². The van der Waals surface area contributed by atoms with E-state index in [1.54, 1.807) is 12.1 Å². The lowest BCUT2D eigenvalue weighted by molar-refractivity contribution is -0.385. The zero-order chi connectivity index (χ0) is 23.9. The van der Waals surface area contributed by atoms with E-state index in [1.165, 1.54) is 24.5 Å². The number of nitrogens with zero attached hydrogens (tertiary/aromatic N) is 4. The van der Waals surface area contributed by atoms with Gasteiger partial charge >= 0.3 is 0 Å². The molecule has 0 saturated carbocycles. The first kappa shape index (κ1) is 22.5. The molecule has 0 aliphatic carbocycles. The van der Waals surface area contributed by atoms with Crippen LogP contribution in [-0.2, 0) is 4.74 Å². The SMILES string of the molecule is C[C@]1(C#Cc2cc3ncnc(Nc4cccc(Cl)c4F)c3cc2[N+](=O)[O-])CCN(C2COC2)C1. The molecule has 1 aromatic heterocycles. The van der Waals surface area contributed by atoms with Gasteiger partial charge in [-0.05, 0) is 31.5 Å². The predicted molar refractivity (Wildman–Crippen MR) is 127 cm³/mol. The Labute approximate surface area is 200 Å². The molecule has 2 aliphatic heterocycles. The topological polar surface area (TPSA) is 93.4 Å². The van der Waals surface area contributed by atoms with Gasteiger partial charge in [-0.3, -0.25) is 15.0 Å². The molecule has 3 heterocycles. The lowest BCUT2D eigenvalue weighted by atomic mass is 9.90. The van der Waals surface area contributed by atoms with Crippen molar-refractivity contribution in [1.29, 1.82) is 0 Å². The molecule has 8 nitrogen and oxygen atoms in total. The quantitative estimate of drug-likeness (QED) is 0.332. The fourth-order valence-corrected chi connectivity index (χ4v) is 4.41. The normalized spacial score (nSPS) is 20.6. The number of benzene rings is 2. The van der Waals surface area contributed by atoms with Crippen LogP contribution < -0.4 is 5.32 Å². The Morgan fingerprint density at radius 2 is 2.18 bits per heavy atom. The minimum Gasteiger partial charge on any atom is -0.378 e. The van der Waals surface area contributed by atoms with Crippen LogP contribution in [0.25, 0.3) is 10.9 Å². The zero-order valence-electron chi connectivity index (χ0n) is 18.3. The summed E-state index contributed by atoms with van der Waals surface area (Å²) in [6.45, 7) is 5.30. The van der Waals surface area contributed by atoms with Crippen LogP contribution in [0.1, 0.15) is 18.9 Å². The van der Waals surface area contributed by atoms with Crippen LogP contribution in [0.2, 0.25) is 5.02 Å². The highest BCUT2D eigenvalue weighted by Crippen LogP contribution is 2.34. The van der Waals surface area contributed by atoms with Crippen LogP contribution in [-0.4, -0.2) is 52.1 Å². The molecule has 2 aliphatic rings. The first-order valence-corrected chi connectivity index (χ1v) is 11.2. The molecule has 0 unspecified atom stereocenters. The molecule has 2 saturated heterocycles. The van der Waals surface area contributed by atoms with E-state index in [0.717, 1.165) is 32.7 Å². The molecule has 174 valence electrons.